The van der Waals surface area contributed by atoms with E-state index in [-0.39, 0.29) is 12.0 Å². The van der Waals surface area contributed by atoms with Gasteiger partial charge in [-0.25, -0.2) is 4.98 Å². The van der Waals surface area contributed by atoms with E-state index >= 15 is 0 Å². The van der Waals surface area contributed by atoms with E-state index in [2.05, 4.69) is 11.9 Å². The standard InChI is InChI=1S/C20H30N2O3/c1-5-6-11-24-17(12-18-14-22-15-25-18)10-8-7-9-16(2)13-20(3,4)19(21)23/h7-10,13-15,17H,5-6,11-12H2,1-4H3,(H2,21,23)/b9-7+,10-8+,16-13+. The number of nitrogens with zero attached hydrogens (tertiary/aromatic N) is 1. The number of primary amides is 1. The van der Waals surface area contributed by atoms with Gasteiger partial charge in [0.25, 0.3) is 0 Å². The van der Waals surface area contributed by atoms with E-state index in [0.29, 0.717) is 6.42 Å². The zero-order chi connectivity index (χ0) is 18.7. The third-order valence-corrected chi connectivity index (χ3v) is 3.74. The average Bonchev–Trinajstić information content (AvgIpc) is 3.03. The minimum atomic E-state index is -0.657. The van der Waals surface area contributed by atoms with Crippen LogP contribution in [0.4, 0.5) is 0 Å². The fourth-order valence-electron chi connectivity index (χ4n) is 2.19. The lowest BCUT2D eigenvalue weighted by Gasteiger charge is -2.15. The molecule has 0 aromatic carbocycles. The number of rotatable bonds is 11. The molecule has 1 unspecified atom stereocenters. The average molecular weight is 346 g/mol. The van der Waals surface area contributed by atoms with Gasteiger partial charge in [-0.1, -0.05) is 49.3 Å². The molecular weight excluding hydrogens is 316 g/mol. The van der Waals surface area contributed by atoms with Gasteiger partial charge in [0.2, 0.25) is 5.91 Å². The number of allylic oxidation sites excluding steroid dienone is 4. The van der Waals surface area contributed by atoms with E-state index in [1.807, 2.05) is 37.3 Å². The molecule has 0 aliphatic rings. The van der Waals surface area contributed by atoms with E-state index in [1.54, 1.807) is 20.0 Å². The minimum Gasteiger partial charge on any atom is -0.448 e. The molecule has 1 amide bonds. The monoisotopic (exact) mass is 346 g/mol. The normalized spacial score (nSPS) is 14.5. The Morgan fingerprint density at radius 3 is 2.80 bits per heavy atom. The lowest BCUT2D eigenvalue weighted by molar-refractivity contribution is -0.123. The molecule has 5 nitrogen and oxygen atoms in total. The van der Waals surface area contributed by atoms with Gasteiger partial charge in [0.05, 0.1) is 17.7 Å². The Morgan fingerprint density at radius 1 is 1.44 bits per heavy atom. The summed E-state index contributed by atoms with van der Waals surface area (Å²) in [5, 5.41) is 0. The summed E-state index contributed by atoms with van der Waals surface area (Å²) in [6, 6.07) is 0. The number of hydrogen-bond acceptors (Lipinski definition) is 4. The molecule has 0 spiro atoms. The molecule has 0 bridgehead atoms. The first-order chi connectivity index (χ1) is 11.8. The molecule has 1 rings (SSSR count). The Bertz CT molecular complexity index is 598. The summed E-state index contributed by atoms with van der Waals surface area (Å²) in [5.74, 6) is 0.460. The lowest BCUT2D eigenvalue weighted by Crippen LogP contribution is -2.29. The van der Waals surface area contributed by atoms with Crippen molar-refractivity contribution < 1.29 is 13.9 Å². The summed E-state index contributed by atoms with van der Waals surface area (Å²) in [6.45, 7) is 8.40. The fourth-order valence-corrected chi connectivity index (χ4v) is 2.19. The van der Waals surface area contributed by atoms with Gasteiger partial charge < -0.3 is 14.9 Å². The topological polar surface area (TPSA) is 78.4 Å². The highest BCUT2D eigenvalue weighted by Gasteiger charge is 2.21. The highest BCUT2D eigenvalue weighted by atomic mass is 16.5. The van der Waals surface area contributed by atoms with Crippen molar-refractivity contribution in [2.24, 2.45) is 11.1 Å². The predicted octanol–water partition coefficient (Wildman–Crippen LogP) is 3.97. The molecule has 0 radical (unpaired) electrons. The van der Waals surface area contributed by atoms with Crippen LogP contribution in [-0.2, 0) is 16.0 Å². The molecular formula is C20H30N2O3. The van der Waals surface area contributed by atoms with Gasteiger partial charge in [0.15, 0.2) is 6.39 Å². The predicted molar refractivity (Wildman–Crippen MR) is 99.9 cm³/mol. The van der Waals surface area contributed by atoms with Crippen molar-refractivity contribution in [3.63, 3.8) is 0 Å². The first-order valence-electron chi connectivity index (χ1n) is 8.68. The van der Waals surface area contributed by atoms with Crippen molar-refractivity contribution in [3.8, 4) is 0 Å². The van der Waals surface area contributed by atoms with Crippen LogP contribution < -0.4 is 5.73 Å². The van der Waals surface area contributed by atoms with Crippen LogP contribution in [0.25, 0.3) is 0 Å². The van der Waals surface area contributed by atoms with Crippen LogP contribution >= 0.6 is 0 Å². The van der Waals surface area contributed by atoms with E-state index in [4.69, 9.17) is 14.9 Å². The molecule has 0 saturated heterocycles. The lowest BCUT2D eigenvalue weighted by atomic mass is 9.90. The largest absolute Gasteiger partial charge is 0.448 e. The molecule has 1 heterocycles. The number of amides is 1. The summed E-state index contributed by atoms with van der Waals surface area (Å²) < 4.78 is 11.2. The maximum atomic E-state index is 11.4. The zero-order valence-corrected chi connectivity index (χ0v) is 15.7. The maximum absolute atomic E-state index is 11.4. The van der Waals surface area contributed by atoms with Gasteiger partial charge in [-0.2, -0.15) is 0 Å². The molecule has 25 heavy (non-hydrogen) atoms. The van der Waals surface area contributed by atoms with Gasteiger partial charge in [0.1, 0.15) is 5.76 Å². The van der Waals surface area contributed by atoms with Crippen molar-refractivity contribution in [1.82, 2.24) is 4.98 Å². The van der Waals surface area contributed by atoms with Crippen molar-refractivity contribution in [3.05, 3.63) is 54.3 Å². The van der Waals surface area contributed by atoms with Crippen LogP contribution in [0.3, 0.4) is 0 Å². The molecule has 0 aliphatic carbocycles. The van der Waals surface area contributed by atoms with Crippen LogP contribution in [-0.4, -0.2) is 23.6 Å². The number of aromatic nitrogens is 1. The Morgan fingerprint density at radius 2 is 2.20 bits per heavy atom. The Hall–Kier alpha value is -2.14. The van der Waals surface area contributed by atoms with Gasteiger partial charge in [-0.15, -0.1) is 0 Å². The highest BCUT2D eigenvalue weighted by molar-refractivity contribution is 5.82. The number of hydrogen-bond donors (Lipinski definition) is 1. The van der Waals surface area contributed by atoms with E-state index in [1.165, 1.54) is 6.39 Å². The van der Waals surface area contributed by atoms with E-state index < -0.39 is 5.41 Å². The first kappa shape index (κ1) is 20.9. The quantitative estimate of drug-likeness (QED) is 0.486. The second-order valence-corrected chi connectivity index (χ2v) is 6.65. The smallest absolute Gasteiger partial charge is 0.226 e. The number of carbonyl (C=O) groups excluding carboxylic acids is 1. The van der Waals surface area contributed by atoms with Crippen LogP contribution in [0.2, 0.25) is 0 Å². The number of nitrogens with two attached hydrogens (primary N) is 1. The summed E-state index contributed by atoms with van der Waals surface area (Å²) in [7, 11) is 0. The van der Waals surface area contributed by atoms with Crippen molar-refractivity contribution in [2.75, 3.05) is 6.61 Å². The number of unbranched alkanes of at least 4 members (excludes halogenated alkanes) is 1. The van der Waals surface area contributed by atoms with Crippen LogP contribution in [0.5, 0.6) is 0 Å². The first-order valence-corrected chi connectivity index (χ1v) is 8.68. The van der Waals surface area contributed by atoms with E-state index in [0.717, 1.165) is 30.8 Å². The number of carbonyl (C=O) groups is 1. The Kier molecular flexibility index (Phi) is 8.92. The summed E-state index contributed by atoms with van der Waals surface area (Å²) >= 11 is 0. The Balaban J connectivity index is 2.65. The fraction of sp³-hybridized carbons (Fsp3) is 0.500. The molecule has 0 saturated carbocycles. The SMILES string of the molecule is CCCCOC(/C=C/C=C/C(C)=C/C(C)(C)C(N)=O)Cc1cnco1. The van der Waals surface area contributed by atoms with Crippen LogP contribution in [0, 0.1) is 5.41 Å². The number of ether oxygens (including phenoxy) is 1. The molecule has 5 heteroatoms. The third-order valence-electron chi connectivity index (χ3n) is 3.74. The molecule has 0 fully saturated rings. The third kappa shape index (κ3) is 8.49. The Labute approximate surface area is 150 Å². The number of oxazole rings is 1. The second-order valence-electron chi connectivity index (χ2n) is 6.65. The molecule has 0 aliphatic heterocycles. The minimum absolute atomic E-state index is 0.0597. The summed E-state index contributed by atoms with van der Waals surface area (Å²) in [6.07, 6.45) is 15.5. The highest BCUT2D eigenvalue weighted by Crippen LogP contribution is 2.18. The van der Waals surface area contributed by atoms with Crippen molar-refractivity contribution in [1.29, 1.82) is 0 Å². The van der Waals surface area contributed by atoms with Crippen LogP contribution in [0.1, 0.15) is 46.3 Å². The molecule has 1 aromatic rings. The summed E-state index contributed by atoms with van der Waals surface area (Å²) in [4.78, 5) is 15.3. The molecule has 2 N–H and O–H groups in total. The molecule has 1 aromatic heterocycles. The van der Waals surface area contributed by atoms with Gasteiger partial charge in [0, 0.05) is 13.0 Å². The van der Waals surface area contributed by atoms with Gasteiger partial charge in [-0.05, 0) is 27.2 Å². The van der Waals surface area contributed by atoms with Gasteiger partial charge in [-0.3, -0.25) is 4.79 Å². The van der Waals surface area contributed by atoms with Crippen molar-refractivity contribution >= 4 is 5.91 Å². The zero-order valence-electron chi connectivity index (χ0n) is 15.7. The van der Waals surface area contributed by atoms with Crippen LogP contribution in [0.15, 0.2) is 53.0 Å². The van der Waals surface area contributed by atoms with Crippen molar-refractivity contribution in [2.45, 2.75) is 53.1 Å². The van der Waals surface area contributed by atoms with Gasteiger partial charge >= 0.3 is 0 Å². The maximum Gasteiger partial charge on any atom is 0.226 e. The molecule has 1 atom stereocenters. The van der Waals surface area contributed by atoms with E-state index in [9.17, 15) is 4.79 Å². The summed E-state index contributed by atoms with van der Waals surface area (Å²) in [5.41, 5.74) is 5.71. The molecule has 138 valence electrons. The second kappa shape index (κ2) is 10.7.